The highest BCUT2D eigenvalue weighted by molar-refractivity contribution is 5.16. The fourth-order valence-electron chi connectivity index (χ4n) is 2.31. The minimum atomic E-state index is -4.07. The molecule has 88 valence electrons. The quantitative estimate of drug-likeness (QED) is 0.725. The molecule has 5 heteroatoms. The van der Waals surface area contributed by atoms with Crippen LogP contribution in [0.2, 0.25) is 0 Å². The van der Waals surface area contributed by atoms with Crippen LogP contribution in [0.4, 0.5) is 13.2 Å². The van der Waals surface area contributed by atoms with E-state index in [1.807, 2.05) is 10.8 Å². The highest BCUT2D eigenvalue weighted by Gasteiger charge is 2.42. The molecule has 0 unspecified atom stereocenters. The first-order valence-electron chi connectivity index (χ1n) is 5.66. The van der Waals surface area contributed by atoms with Crippen LogP contribution < -0.4 is 0 Å². The van der Waals surface area contributed by atoms with Crippen LogP contribution in [0.15, 0.2) is 6.20 Å². The number of aryl methyl sites for hydroxylation is 1. The maximum Gasteiger partial charge on any atom is 0.392 e. The minimum Gasteiger partial charge on any atom is -0.335 e. The van der Waals surface area contributed by atoms with Gasteiger partial charge in [-0.3, -0.25) is 0 Å². The molecule has 1 aliphatic carbocycles. The van der Waals surface area contributed by atoms with Crippen molar-refractivity contribution in [3.05, 3.63) is 17.7 Å². The fraction of sp³-hybridized carbons (Fsp3) is 0.727. The second kappa shape index (κ2) is 3.25. The summed E-state index contributed by atoms with van der Waals surface area (Å²) in [7, 11) is 0. The number of hydrogen-bond donors (Lipinski definition) is 0. The molecule has 2 aliphatic rings. The molecule has 16 heavy (non-hydrogen) atoms. The fourth-order valence-corrected chi connectivity index (χ4v) is 2.31. The molecule has 3 rings (SSSR count). The van der Waals surface area contributed by atoms with Crippen LogP contribution in [0.1, 0.15) is 36.7 Å². The topological polar surface area (TPSA) is 17.8 Å². The Bertz CT molecular complexity index is 404. The summed E-state index contributed by atoms with van der Waals surface area (Å²) in [6, 6.07) is 0. The zero-order chi connectivity index (χ0) is 11.3. The van der Waals surface area contributed by atoms with Gasteiger partial charge < -0.3 is 4.57 Å². The molecular formula is C11H13F3N2. The molecule has 0 aromatic carbocycles. The Morgan fingerprint density at radius 1 is 1.25 bits per heavy atom. The van der Waals surface area contributed by atoms with Crippen LogP contribution in [-0.4, -0.2) is 15.7 Å². The first-order chi connectivity index (χ1) is 7.54. The lowest BCUT2D eigenvalue weighted by Crippen LogP contribution is -2.31. The SMILES string of the molecule is FC(F)(F)[C@@H]1CCn2cc(C3CC3)nc2C1. The van der Waals surface area contributed by atoms with Gasteiger partial charge in [-0.2, -0.15) is 13.2 Å². The molecule has 0 amide bonds. The molecule has 1 aromatic heterocycles. The molecule has 2 heterocycles. The second-order valence-corrected chi connectivity index (χ2v) is 4.78. The molecule has 1 aromatic rings. The number of nitrogens with zero attached hydrogens (tertiary/aromatic N) is 2. The van der Waals surface area contributed by atoms with Crippen LogP contribution in [0.25, 0.3) is 0 Å². The van der Waals surface area contributed by atoms with E-state index in [4.69, 9.17) is 0 Å². The summed E-state index contributed by atoms with van der Waals surface area (Å²) in [5.41, 5.74) is 0.998. The molecule has 1 fully saturated rings. The van der Waals surface area contributed by atoms with Gasteiger partial charge in [-0.15, -0.1) is 0 Å². The Morgan fingerprint density at radius 2 is 2.00 bits per heavy atom. The number of halogens is 3. The van der Waals surface area contributed by atoms with Crippen molar-refractivity contribution in [1.29, 1.82) is 0 Å². The molecule has 2 nitrogen and oxygen atoms in total. The average Bonchev–Trinajstić information content (AvgIpc) is 2.96. The lowest BCUT2D eigenvalue weighted by Gasteiger charge is -2.25. The van der Waals surface area contributed by atoms with Crippen LogP contribution >= 0.6 is 0 Å². The maximum atomic E-state index is 12.6. The summed E-state index contributed by atoms with van der Waals surface area (Å²) in [4.78, 5) is 4.34. The standard InChI is InChI=1S/C11H13F3N2/c12-11(13,14)8-3-4-16-6-9(7-1-2-7)15-10(16)5-8/h6-8H,1-5H2/t8-/m1/s1. The minimum absolute atomic E-state index is 0.0518. The molecule has 1 atom stereocenters. The molecule has 1 saturated carbocycles. The molecular weight excluding hydrogens is 217 g/mol. The van der Waals surface area contributed by atoms with E-state index in [-0.39, 0.29) is 12.8 Å². The largest absolute Gasteiger partial charge is 0.392 e. The zero-order valence-corrected chi connectivity index (χ0v) is 8.80. The normalized spacial score (nSPS) is 25.6. The first-order valence-corrected chi connectivity index (χ1v) is 5.66. The van der Waals surface area contributed by atoms with Gasteiger partial charge in [0.05, 0.1) is 11.6 Å². The van der Waals surface area contributed by atoms with Gasteiger partial charge in [0.15, 0.2) is 0 Å². The van der Waals surface area contributed by atoms with E-state index < -0.39 is 12.1 Å². The van der Waals surface area contributed by atoms with Gasteiger partial charge in [-0.25, -0.2) is 4.98 Å². The number of hydrogen-bond acceptors (Lipinski definition) is 1. The van der Waals surface area contributed by atoms with Gasteiger partial charge in [0.1, 0.15) is 5.82 Å². The summed E-state index contributed by atoms with van der Waals surface area (Å²) in [6.45, 7) is 0.458. The highest BCUT2D eigenvalue weighted by atomic mass is 19.4. The van der Waals surface area contributed by atoms with Crippen molar-refractivity contribution in [2.24, 2.45) is 5.92 Å². The van der Waals surface area contributed by atoms with Gasteiger partial charge in [0, 0.05) is 25.1 Å². The first kappa shape index (κ1) is 10.2. The number of aromatic nitrogens is 2. The van der Waals surface area contributed by atoms with Crippen molar-refractivity contribution >= 4 is 0 Å². The number of alkyl halides is 3. The Kier molecular flexibility index (Phi) is 2.06. The van der Waals surface area contributed by atoms with Crippen LogP contribution in [0, 0.1) is 5.92 Å². The maximum absolute atomic E-state index is 12.6. The predicted octanol–water partition coefficient (Wildman–Crippen LogP) is 2.89. The van der Waals surface area contributed by atoms with E-state index in [1.54, 1.807) is 0 Å². The van der Waals surface area contributed by atoms with Crippen molar-refractivity contribution in [3.8, 4) is 0 Å². The third-order valence-electron chi connectivity index (χ3n) is 3.48. The van der Waals surface area contributed by atoms with E-state index in [0.29, 0.717) is 18.3 Å². The Hall–Kier alpha value is -1.00. The van der Waals surface area contributed by atoms with Gasteiger partial charge in [0.2, 0.25) is 0 Å². The lowest BCUT2D eigenvalue weighted by molar-refractivity contribution is -0.179. The van der Waals surface area contributed by atoms with Gasteiger partial charge in [-0.05, 0) is 19.3 Å². The Labute approximate surface area is 91.5 Å². The van der Waals surface area contributed by atoms with Crippen molar-refractivity contribution in [3.63, 3.8) is 0 Å². The number of imidazole rings is 1. The summed E-state index contributed by atoms with van der Waals surface area (Å²) >= 11 is 0. The third kappa shape index (κ3) is 1.72. The van der Waals surface area contributed by atoms with Crippen molar-refractivity contribution in [2.45, 2.75) is 44.3 Å². The van der Waals surface area contributed by atoms with Crippen LogP contribution in [0.3, 0.4) is 0 Å². The summed E-state index contributed by atoms with van der Waals surface area (Å²) < 4.78 is 39.6. The summed E-state index contributed by atoms with van der Waals surface area (Å²) in [5.74, 6) is -0.0626. The average molecular weight is 230 g/mol. The highest BCUT2D eigenvalue weighted by Crippen LogP contribution is 2.41. The molecule has 0 N–H and O–H groups in total. The Morgan fingerprint density at radius 3 is 2.62 bits per heavy atom. The Balaban J connectivity index is 1.82. The van der Waals surface area contributed by atoms with E-state index >= 15 is 0 Å². The van der Waals surface area contributed by atoms with Crippen LogP contribution in [-0.2, 0) is 13.0 Å². The molecule has 1 aliphatic heterocycles. The zero-order valence-electron chi connectivity index (χ0n) is 8.80. The van der Waals surface area contributed by atoms with E-state index in [0.717, 1.165) is 18.5 Å². The van der Waals surface area contributed by atoms with Crippen molar-refractivity contribution in [2.75, 3.05) is 0 Å². The molecule has 0 spiro atoms. The second-order valence-electron chi connectivity index (χ2n) is 4.78. The van der Waals surface area contributed by atoms with Crippen LogP contribution in [0.5, 0.6) is 0 Å². The molecule has 0 radical (unpaired) electrons. The number of rotatable bonds is 1. The number of fused-ring (bicyclic) bond motifs is 1. The summed E-state index contributed by atoms with van der Waals surface area (Å²) in [6.07, 6.45) is 0.391. The van der Waals surface area contributed by atoms with Crippen molar-refractivity contribution in [1.82, 2.24) is 9.55 Å². The predicted molar refractivity (Wildman–Crippen MR) is 52.1 cm³/mol. The summed E-state index contributed by atoms with van der Waals surface area (Å²) in [5, 5.41) is 0. The van der Waals surface area contributed by atoms with Gasteiger partial charge >= 0.3 is 6.18 Å². The lowest BCUT2D eigenvalue weighted by atomic mass is 9.97. The van der Waals surface area contributed by atoms with Gasteiger partial charge in [-0.1, -0.05) is 0 Å². The monoisotopic (exact) mass is 230 g/mol. The molecule has 0 saturated heterocycles. The van der Waals surface area contributed by atoms with E-state index in [9.17, 15) is 13.2 Å². The van der Waals surface area contributed by atoms with E-state index in [2.05, 4.69) is 4.98 Å². The van der Waals surface area contributed by atoms with E-state index in [1.165, 1.54) is 0 Å². The van der Waals surface area contributed by atoms with Gasteiger partial charge in [0.25, 0.3) is 0 Å². The smallest absolute Gasteiger partial charge is 0.335 e. The molecule has 0 bridgehead atoms. The van der Waals surface area contributed by atoms with Crippen molar-refractivity contribution < 1.29 is 13.2 Å². The third-order valence-corrected chi connectivity index (χ3v) is 3.48.